The molecular weight excluding hydrogens is 237 g/mol. The Morgan fingerprint density at radius 3 is 2.50 bits per heavy atom. The van der Waals surface area contributed by atoms with Crippen LogP contribution in [0.15, 0.2) is 24.3 Å². The van der Waals surface area contributed by atoms with Crippen LogP contribution in [0.4, 0.5) is 4.39 Å². The van der Waals surface area contributed by atoms with Crippen LogP contribution >= 0.6 is 0 Å². The summed E-state index contributed by atoms with van der Waals surface area (Å²) in [5.74, 6) is -2.23. The van der Waals surface area contributed by atoms with Crippen LogP contribution in [0.25, 0.3) is 0 Å². The molecule has 2 N–H and O–H groups in total. The maximum absolute atomic E-state index is 13.4. The summed E-state index contributed by atoms with van der Waals surface area (Å²) in [7, 11) is 0. The van der Waals surface area contributed by atoms with Gasteiger partial charge in [0.05, 0.1) is 12.0 Å². The number of carbonyl (C=O) groups is 2. The lowest BCUT2D eigenvalue weighted by Crippen LogP contribution is -2.47. The summed E-state index contributed by atoms with van der Waals surface area (Å²) in [6, 6.07) is 5.60. The molecule has 4 nitrogen and oxygen atoms in total. The van der Waals surface area contributed by atoms with Crippen LogP contribution in [-0.2, 0) is 4.79 Å². The van der Waals surface area contributed by atoms with Crippen molar-refractivity contribution in [1.29, 1.82) is 0 Å². The van der Waals surface area contributed by atoms with Crippen molar-refractivity contribution >= 4 is 11.9 Å². The highest BCUT2D eigenvalue weighted by atomic mass is 19.1. The van der Waals surface area contributed by atoms with Crippen LogP contribution in [-0.4, -0.2) is 22.5 Å². The SMILES string of the molecule is CC[C@](C)(CC(=O)O)NC(=O)c1ccccc1F. The molecule has 0 spiro atoms. The van der Waals surface area contributed by atoms with Crippen LogP contribution < -0.4 is 5.32 Å². The fourth-order valence-corrected chi connectivity index (χ4v) is 1.58. The van der Waals surface area contributed by atoms with Gasteiger partial charge in [0.15, 0.2) is 0 Å². The summed E-state index contributed by atoms with van der Waals surface area (Å²) in [4.78, 5) is 22.6. The lowest BCUT2D eigenvalue weighted by Gasteiger charge is -2.28. The second-order valence-electron chi connectivity index (χ2n) is 4.42. The number of hydrogen-bond donors (Lipinski definition) is 2. The van der Waals surface area contributed by atoms with Crippen LogP contribution in [0, 0.1) is 5.82 Å². The van der Waals surface area contributed by atoms with Crippen LogP contribution in [0.5, 0.6) is 0 Å². The quantitative estimate of drug-likeness (QED) is 0.845. The third-order valence-corrected chi connectivity index (χ3v) is 2.86. The highest BCUT2D eigenvalue weighted by Gasteiger charge is 2.28. The van der Waals surface area contributed by atoms with Crippen molar-refractivity contribution in [3.63, 3.8) is 0 Å². The summed E-state index contributed by atoms with van der Waals surface area (Å²) in [5.41, 5.74) is -0.965. The first kappa shape index (κ1) is 14.2. The van der Waals surface area contributed by atoms with Crippen molar-refractivity contribution in [3.8, 4) is 0 Å². The van der Waals surface area contributed by atoms with E-state index in [2.05, 4.69) is 5.32 Å². The molecule has 0 heterocycles. The molecule has 1 aromatic rings. The minimum Gasteiger partial charge on any atom is -0.481 e. The molecule has 5 heteroatoms. The number of carbonyl (C=O) groups excluding carboxylic acids is 1. The molecular formula is C13H16FNO3. The van der Waals surface area contributed by atoms with Gasteiger partial charge in [0, 0.05) is 5.54 Å². The van der Waals surface area contributed by atoms with Crippen LogP contribution in [0.3, 0.4) is 0 Å². The van der Waals surface area contributed by atoms with Gasteiger partial charge >= 0.3 is 5.97 Å². The molecule has 1 aromatic carbocycles. The average molecular weight is 253 g/mol. The fourth-order valence-electron chi connectivity index (χ4n) is 1.58. The van der Waals surface area contributed by atoms with E-state index in [4.69, 9.17) is 5.11 Å². The van der Waals surface area contributed by atoms with Crippen molar-refractivity contribution in [2.75, 3.05) is 0 Å². The van der Waals surface area contributed by atoms with Gasteiger partial charge in [0.2, 0.25) is 0 Å². The number of benzene rings is 1. The van der Waals surface area contributed by atoms with E-state index in [1.165, 1.54) is 18.2 Å². The lowest BCUT2D eigenvalue weighted by atomic mass is 9.94. The molecule has 0 aliphatic carbocycles. The van der Waals surface area contributed by atoms with Gasteiger partial charge in [-0.15, -0.1) is 0 Å². The first-order chi connectivity index (χ1) is 8.38. The summed E-state index contributed by atoms with van der Waals surface area (Å²) in [5, 5.41) is 11.4. The fraction of sp³-hybridized carbons (Fsp3) is 0.385. The largest absolute Gasteiger partial charge is 0.481 e. The second kappa shape index (κ2) is 5.62. The zero-order valence-electron chi connectivity index (χ0n) is 10.4. The molecule has 0 unspecified atom stereocenters. The predicted molar refractivity (Wildman–Crippen MR) is 64.8 cm³/mol. The minimum atomic E-state index is -1.01. The van der Waals surface area contributed by atoms with Gasteiger partial charge in [0.1, 0.15) is 5.82 Å². The number of carboxylic acid groups (broad SMARTS) is 1. The molecule has 1 atom stereocenters. The first-order valence-corrected chi connectivity index (χ1v) is 5.67. The molecule has 0 fully saturated rings. The Labute approximate surface area is 105 Å². The molecule has 1 amide bonds. The van der Waals surface area contributed by atoms with Crippen LogP contribution in [0.1, 0.15) is 37.0 Å². The monoisotopic (exact) mass is 253 g/mol. The summed E-state index contributed by atoms with van der Waals surface area (Å²) >= 11 is 0. The standard InChI is InChI=1S/C13H16FNO3/c1-3-13(2,8-11(16)17)15-12(18)9-6-4-5-7-10(9)14/h4-7H,3,8H2,1-2H3,(H,15,18)(H,16,17)/t13-/m1/s1. The van der Waals surface area contributed by atoms with E-state index < -0.39 is 23.2 Å². The van der Waals surface area contributed by atoms with Gasteiger partial charge < -0.3 is 10.4 Å². The number of rotatable bonds is 5. The summed E-state index contributed by atoms with van der Waals surface area (Å²) < 4.78 is 13.4. The van der Waals surface area contributed by atoms with Gasteiger partial charge in [-0.1, -0.05) is 19.1 Å². The molecule has 0 bridgehead atoms. The van der Waals surface area contributed by atoms with E-state index in [1.54, 1.807) is 19.9 Å². The number of aliphatic carboxylic acids is 1. The molecule has 0 aliphatic rings. The molecule has 18 heavy (non-hydrogen) atoms. The number of nitrogens with one attached hydrogen (secondary N) is 1. The molecule has 0 aliphatic heterocycles. The maximum Gasteiger partial charge on any atom is 0.305 e. The predicted octanol–water partition coefficient (Wildman–Crippen LogP) is 2.20. The normalized spacial score (nSPS) is 13.7. The van der Waals surface area contributed by atoms with E-state index in [0.29, 0.717) is 6.42 Å². The molecule has 0 saturated carbocycles. The topological polar surface area (TPSA) is 66.4 Å². The smallest absolute Gasteiger partial charge is 0.305 e. The number of amides is 1. The Balaban J connectivity index is 2.86. The van der Waals surface area contributed by atoms with Crippen molar-refractivity contribution < 1.29 is 19.1 Å². The molecule has 0 saturated heterocycles. The summed E-state index contributed by atoms with van der Waals surface area (Å²) in [6.07, 6.45) is 0.239. The molecule has 0 radical (unpaired) electrons. The molecule has 1 rings (SSSR count). The van der Waals surface area contributed by atoms with Crippen LogP contribution in [0.2, 0.25) is 0 Å². The highest BCUT2D eigenvalue weighted by molar-refractivity contribution is 5.95. The lowest BCUT2D eigenvalue weighted by molar-refractivity contribution is -0.138. The Morgan fingerprint density at radius 1 is 1.39 bits per heavy atom. The zero-order chi connectivity index (χ0) is 13.8. The zero-order valence-corrected chi connectivity index (χ0v) is 10.4. The van der Waals surface area contributed by atoms with Gasteiger partial charge in [-0.3, -0.25) is 9.59 Å². The van der Waals surface area contributed by atoms with E-state index in [9.17, 15) is 14.0 Å². The minimum absolute atomic E-state index is 0.0810. The third-order valence-electron chi connectivity index (χ3n) is 2.86. The van der Waals surface area contributed by atoms with Gasteiger partial charge in [0.25, 0.3) is 5.91 Å². The Hall–Kier alpha value is -1.91. The Bertz CT molecular complexity index is 461. The Morgan fingerprint density at radius 2 is 2.00 bits per heavy atom. The van der Waals surface area contributed by atoms with Gasteiger partial charge in [-0.25, -0.2) is 4.39 Å². The second-order valence-corrected chi connectivity index (χ2v) is 4.42. The Kier molecular flexibility index (Phi) is 4.42. The average Bonchev–Trinajstić information content (AvgIpc) is 2.28. The van der Waals surface area contributed by atoms with Crippen molar-refractivity contribution in [1.82, 2.24) is 5.32 Å². The van der Waals surface area contributed by atoms with Crippen molar-refractivity contribution in [2.45, 2.75) is 32.2 Å². The number of halogens is 1. The van der Waals surface area contributed by atoms with E-state index >= 15 is 0 Å². The molecule has 98 valence electrons. The first-order valence-electron chi connectivity index (χ1n) is 5.67. The van der Waals surface area contributed by atoms with E-state index in [0.717, 1.165) is 0 Å². The van der Waals surface area contributed by atoms with Gasteiger partial charge in [-0.05, 0) is 25.5 Å². The van der Waals surface area contributed by atoms with E-state index in [-0.39, 0.29) is 12.0 Å². The maximum atomic E-state index is 13.4. The summed E-state index contributed by atoms with van der Waals surface area (Å²) in [6.45, 7) is 3.39. The van der Waals surface area contributed by atoms with E-state index in [1.807, 2.05) is 0 Å². The highest BCUT2D eigenvalue weighted by Crippen LogP contribution is 2.16. The number of hydrogen-bond acceptors (Lipinski definition) is 2. The number of carboxylic acids is 1. The third kappa shape index (κ3) is 3.55. The van der Waals surface area contributed by atoms with Crippen molar-refractivity contribution in [2.24, 2.45) is 0 Å². The van der Waals surface area contributed by atoms with Gasteiger partial charge in [-0.2, -0.15) is 0 Å². The molecule has 0 aromatic heterocycles. The van der Waals surface area contributed by atoms with Crippen molar-refractivity contribution in [3.05, 3.63) is 35.6 Å².